The monoisotopic (exact) mass is 288 g/mol. The lowest BCUT2D eigenvalue weighted by Crippen LogP contribution is -2.07. The van der Waals surface area contributed by atoms with E-state index in [-0.39, 0.29) is 0 Å². The number of hydrogen-bond donors (Lipinski definition) is 1. The van der Waals surface area contributed by atoms with E-state index in [1.807, 2.05) is 12.1 Å². The largest absolute Gasteiger partial charge is 0.370 e. The maximum Gasteiger partial charge on any atom is 0.133 e. The van der Waals surface area contributed by atoms with Crippen LogP contribution in [0.2, 0.25) is 0 Å². The van der Waals surface area contributed by atoms with Crippen molar-refractivity contribution in [1.82, 2.24) is 15.0 Å². The van der Waals surface area contributed by atoms with Crippen LogP contribution in [0.25, 0.3) is 0 Å². The van der Waals surface area contributed by atoms with Crippen molar-refractivity contribution in [3.8, 4) is 0 Å². The van der Waals surface area contributed by atoms with Gasteiger partial charge in [-0.2, -0.15) is 0 Å². The Labute approximate surface area is 124 Å². The summed E-state index contributed by atoms with van der Waals surface area (Å²) in [7, 11) is 0. The Morgan fingerprint density at radius 1 is 1.15 bits per heavy atom. The lowest BCUT2D eigenvalue weighted by molar-refractivity contribution is 0.802. The third-order valence-corrected chi connectivity index (χ3v) is 3.93. The standard InChI is InChI=1S/C15H20N4S/c1-4-6-13-18-14(17-5-2)11(3)15(19-13)20-12-7-9-16-10-8-12/h7-10H,4-6H2,1-3H3,(H,17,18,19). The van der Waals surface area contributed by atoms with E-state index >= 15 is 0 Å². The molecule has 1 N–H and O–H groups in total. The predicted octanol–water partition coefficient (Wildman–Crippen LogP) is 3.72. The second-order valence-electron chi connectivity index (χ2n) is 4.48. The zero-order valence-electron chi connectivity index (χ0n) is 12.2. The highest BCUT2D eigenvalue weighted by Crippen LogP contribution is 2.31. The second kappa shape index (κ2) is 7.24. The highest BCUT2D eigenvalue weighted by Gasteiger charge is 2.11. The van der Waals surface area contributed by atoms with Gasteiger partial charge in [-0.05, 0) is 32.4 Å². The van der Waals surface area contributed by atoms with Crippen LogP contribution in [0, 0.1) is 6.92 Å². The summed E-state index contributed by atoms with van der Waals surface area (Å²) in [4.78, 5) is 14.5. The minimum absolute atomic E-state index is 0.864. The molecule has 0 saturated carbocycles. The quantitative estimate of drug-likeness (QED) is 0.821. The summed E-state index contributed by atoms with van der Waals surface area (Å²) in [5.74, 6) is 1.85. The van der Waals surface area contributed by atoms with Gasteiger partial charge in [0, 0.05) is 35.8 Å². The molecule has 0 atom stereocenters. The van der Waals surface area contributed by atoms with E-state index in [1.54, 1.807) is 24.2 Å². The molecule has 2 rings (SSSR count). The van der Waals surface area contributed by atoms with Crippen molar-refractivity contribution in [2.75, 3.05) is 11.9 Å². The highest BCUT2D eigenvalue weighted by molar-refractivity contribution is 7.99. The lowest BCUT2D eigenvalue weighted by atomic mass is 10.3. The Hall–Kier alpha value is -1.62. The molecule has 2 aromatic heterocycles. The molecule has 0 aliphatic rings. The molecule has 0 radical (unpaired) electrons. The molecule has 2 heterocycles. The van der Waals surface area contributed by atoms with Gasteiger partial charge in [-0.25, -0.2) is 9.97 Å². The van der Waals surface area contributed by atoms with E-state index in [0.29, 0.717) is 0 Å². The molecule has 0 aliphatic carbocycles. The van der Waals surface area contributed by atoms with Crippen molar-refractivity contribution in [1.29, 1.82) is 0 Å². The van der Waals surface area contributed by atoms with Gasteiger partial charge in [0.1, 0.15) is 16.7 Å². The van der Waals surface area contributed by atoms with E-state index in [2.05, 4.69) is 36.1 Å². The Bertz CT molecular complexity index is 557. The lowest BCUT2D eigenvalue weighted by Gasteiger charge is -2.12. The van der Waals surface area contributed by atoms with Crippen LogP contribution in [0.4, 0.5) is 5.82 Å². The number of aromatic nitrogens is 3. The molecule has 4 nitrogen and oxygen atoms in total. The molecule has 0 aromatic carbocycles. The van der Waals surface area contributed by atoms with E-state index in [4.69, 9.17) is 4.98 Å². The minimum atomic E-state index is 0.864. The van der Waals surface area contributed by atoms with Crippen molar-refractivity contribution in [3.05, 3.63) is 35.9 Å². The number of hydrogen-bond acceptors (Lipinski definition) is 5. The first-order valence-corrected chi connectivity index (χ1v) is 7.75. The van der Waals surface area contributed by atoms with Gasteiger partial charge >= 0.3 is 0 Å². The van der Waals surface area contributed by atoms with Crippen molar-refractivity contribution in [2.24, 2.45) is 0 Å². The third kappa shape index (κ3) is 3.70. The van der Waals surface area contributed by atoms with Crippen LogP contribution in [0.5, 0.6) is 0 Å². The van der Waals surface area contributed by atoms with E-state index < -0.39 is 0 Å². The Kier molecular flexibility index (Phi) is 5.35. The summed E-state index contributed by atoms with van der Waals surface area (Å²) in [6.07, 6.45) is 5.56. The zero-order chi connectivity index (χ0) is 14.4. The number of nitrogens with zero attached hydrogens (tertiary/aromatic N) is 3. The number of aryl methyl sites for hydroxylation is 1. The Balaban J connectivity index is 2.34. The summed E-state index contributed by atoms with van der Waals surface area (Å²) in [5, 5.41) is 4.34. The summed E-state index contributed by atoms with van der Waals surface area (Å²) in [6.45, 7) is 7.16. The molecule has 0 spiro atoms. The van der Waals surface area contributed by atoms with Crippen molar-refractivity contribution < 1.29 is 0 Å². The summed E-state index contributed by atoms with van der Waals surface area (Å²) in [5.41, 5.74) is 1.11. The van der Waals surface area contributed by atoms with Crippen molar-refractivity contribution in [3.63, 3.8) is 0 Å². The third-order valence-electron chi connectivity index (χ3n) is 2.83. The average Bonchev–Trinajstić information content (AvgIpc) is 2.45. The van der Waals surface area contributed by atoms with Gasteiger partial charge in [0.15, 0.2) is 0 Å². The van der Waals surface area contributed by atoms with Crippen molar-refractivity contribution >= 4 is 17.6 Å². The van der Waals surface area contributed by atoms with Crippen LogP contribution in [0.15, 0.2) is 34.4 Å². The Morgan fingerprint density at radius 2 is 1.90 bits per heavy atom. The SMILES string of the molecule is CCCc1nc(NCC)c(C)c(Sc2ccncc2)n1. The fourth-order valence-corrected chi connectivity index (χ4v) is 2.71. The van der Waals surface area contributed by atoms with Gasteiger partial charge in [0.2, 0.25) is 0 Å². The minimum Gasteiger partial charge on any atom is -0.370 e. The maximum absolute atomic E-state index is 4.69. The number of pyridine rings is 1. The van der Waals surface area contributed by atoms with E-state index in [9.17, 15) is 0 Å². The molecule has 0 aliphatic heterocycles. The van der Waals surface area contributed by atoms with E-state index in [1.165, 1.54) is 0 Å². The zero-order valence-corrected chi connectivity index (χ0v) is 13.0. The van der Waals surface area contributed by atoms with E-state index in [0.717, 1.165) is 46.5 Å². The molecule has 0 saturated heterocycles. The Morgan fingerprint density at radius 3 is 2.55 bits per heavy atom. The maximum atomic E-state index is 4.69. The summed E-state index contributed by atoms with van der Waals surface area (Å²) in [6, 6.07) is 4.00. The molecule has 0 amide bonds. The molecular formula is C15H20N4S. The first-order valence-electron chi connectivity index (χ1n) is 6.93. The average molecular weight is 288 g/mol. The van der Waals surface area contributed by atoms with Crippen LogP contribution in [-0.2, 0) is 6.42 Å². The molecule has 20 heavy (non-hydrogen) atoms. The molecule has 0 fully saturated rings. The fraction of sp³-hybridized carbons (Fsp3) is 0.400. The smallest absolute Gasteiger partial charge is 0.133 e. The van der Waals surface area contributed by atoms with Crippen molar-refractivity contribution in [2.45, 2.75) is 43.5 Å². The number of anilines is 1. The first-order chi connectivity index (χ1) is 9.74. The predicted molar refractivity (Wildman–Crippen MR) is 83.3 cm³/mol. The van der Waals surface area contributed by atoms with Crippen LogP contribution in [0.1, 0.15) is 31.7 Å². The van der Waals surface area contributed by atoms with Crippen LogP contribution >= 0.6 is 11.8 Å². The summed E-state index contributed by atoms with van der Waals surface area (Å²) < 4.78 is 0. The molecule has 2 aromatic rings. The normalized spacial score (nSPS) is 10.6. The molecular weight excluding hydrogens is 268 g/mol. The van der Waals surface area contributed by atoms with Gasteiger partial charge in [0.25, 0.3) is 0 Å². The molecule has 0 unspecified atom stereocenters. The topological polar surface area (TPSA) is 50.7 Å². The highest BCUT2D eigenvalue weighted by atomic mass is 32.2. The number of nitrogens with one attached hydrogen (secondary N) is 1. The van der Waals surface area contributed by atoms with Crippen LogP contribution in [0.3, 0.4) is 0 Å². The van der Waals surface area contributed by atoms with Gasteiger partial charge in [-0.1, -0.05) is 18.7 Å². The van der Waals surface area contributed by atoms with Gasteiger partial charge in [-0.15, -0.1) is 0 Å². The number of rotatable bonds is 6. The summed E-state index contributed by atoms with van der Waals surface area (Å²) >= 11 is 1.66. The molecule has 0 bridgehead atoms. The molecule has 5 heteroatoms. The van der Waals surface area contributed by atoms with Crippen LogP contribution < -0.4 is 5.32 Å². The van der Waals surface area contributed by atoms with Gasteiger partial charge in [0.05, 0.1) is 0 Å². The van der Waals surface area contributed by atoms with Gasteiger partial charge in [-0.3, -0.25) is 4.98 Å². The van der Waals surface area contributed by atoms with Crippen LogP contribution in [-0.4, -0.2) is 21.5 Å². The molecule has 106 valence electrons. The van der Waals surface area contributed by atoms with Gasteiger partial charge < -0.3 is 5.32 Å². The second-order valence-corrected chi connectivity index (χ2v) is 5.55. The fourth-order valence-electron chi connectivity index (χ4n) is 1.83. The first kappa shape index (κ1) is 14.8.